The zero-order valence-electron chi connectivity index (χ0n) is 13.1. The molecule has 0 aliphatic carbocycles. The van der Waals surface area contributed by atoms with Gasteiger partial charge in [-0.15, -0.1) is 0 Å². The number of benzene rings is 1. The van der Waals surface area contributed by atoms with Crippen LogP contribution in [0.15, 0.2) is 18.2 Å². The molecular formula is C17H28N2O. The van der Waals surface area contributed by atoms with Gasteiger partial charge < -0.3 is 15.4 Å². The number of ether oxygens (including phenoxy) is 1. The summed E-state index contributed by atoms with van der Waals surface area (Å²) < 4.78 is 5.49. The number of methoxy groups -OCH3 is 1. The Bertz CT molecular complexity index is 423. The number of hydrogen-bond acceptors (Lipinski definition) is 3. The summed E-state index contributed by atoms with van der Waals surface area (Å²) >= 11 is 0. The van der Waals surface area contributed by atoms with Crippen LogP contribution in [-0.4, -0.2) is 20.2 Å². The van der Waals surface area contributed by atoms with Gasteiger partial charge in [-0.1, -0.05) is 25.8 Å². The van der Waals surface area contributed by atoms with Crippen molar-refractivity contribution in [1.82, 2.24) is 0 Å². The fourth-order valence-corrected chi connectivity index (χ4v) is 3.31. The summed E-state index contributed by atoms with van der Waals surface area (Å²) in [6.45, 7) is 6.59. The predicted molar refractivity (Wildman–Crippen MR) is 85.4 cm³/mol. The number of anilines is 1. The molecule has 1 fully saturated rings. The van der Waals surface area contributed by atoms with Crippen molar-refractivity contribution in [3.8, 4) is 5.75 Å². The highest BCUT2D eigenvalue weighted by molar-refractivity contribution is 5.61. The molecule has 0 aromatic heterocycles. The summed E-state index contributed by atoms with van der Waals surface area (Å²) in [5, 5.41) is 0. The lowest BCUT2D eigenvalue weighted by molar-refractivity contribution is 0.376. The Hall–Kier alpha value is -1.22. The maximum absolute atomic E-state index is 6.17. The zero-order chi connectivity index (χ0) is 14.5. The molecule has 0 spiro atoms. The lowest BCUT2D eigenvalue weighted by atomic mass is 9.91. The van der Waals surface area contributed by atoms with E-state index in [0.717, 1.165) is 30.3 Å². The maximum atomic E-state index is 6.17. The molecule has 1 aliphatic heterocycles. The van der Waals surface area contributed by atoms with Crippen LogP contribution >= 0.6 is 0 Å². The predicted octanol–water partition coefficient (Wildman–Crippen LogP) is 3.73. The van der Waals surface area contributed by atoms with E-state index in [9.17, 15) is 0 Å². The van der Waals surface area contributed by atoms with E-state index in [1.807, 2.05) is 13.0 Å². The molecule has 1 aromatic carbocycles. The van der Waals surface area contributed by atoms with Gasteiger partial charge in [-0.2, -0.15) is 0 Å². The van der Waals surface area contributed by atoms with Gasteiger partial charge in [0.25, 0.3) is 0 Å². The number of rotatable bonds is 5. The largest absolute Gasteiger partial charge is 0.496 e. The molecule has 0 amide bonds. The molecule has 1 aliphatic rings. The Balaban J connectivity index is 2.17. The topological polar surface area (TPSA) is 38.5 Å². The van der Waals surface area contributed by atoms with Crippen LogP contribution in [0.3, 0.4) is 0 Å². The Kier molecular flexibility index (Phi) is 5.30. The van der Waals surface area contributed by atoms with Crippen LogP contribution in [0.5, 0.6) is 5.75 Å². The molecule has 1 heterocycles. The number of nitrogens with two attached hydrogens (primary N) is 1. The summed E-state index contributed by atoms with van der Waals surface area (Å²) in [5.41, 5.74) is 8.57. The van der Waals surface area contributed by atoms with Crippen molar-refractivity contribution >= 4 is 5.69 Å². The third-order valence-corrected chi connectivity index (χ3v) is 4.37. The van der Waals surface area contributed by atoms with E-state index in [1.54, 1.807) is 7.11 Å². The molecule has 1 saturated heterocycles. The highest BCUT2D eigenvalue weighted by Crippen LogP contribution is 2.35. The van der Waals surface area contributed by atoms with Gasteiger partial charge in [-0.05, 0) is 37.8 Å². The van der Waals surface area contributed by atoms with Crippen molar-refractivity contribution in [1.29, 1.82) is 0 Å². The summed E-state index contributed by atoms with van der Waals surface area (Å²) in [4.78, 5) is 2.48. The molecule has 2 rings (SSSR count). The van der Waals surface area contributed by atoms with Crippen molar-refractivity contribution in [2.24, 2.45) is 11.7 Å². The SMILES string of the molecule is CCCC1CCN(c2cccc(OC)c2[C@H](C)N)CC1. The van der Waals surface area contributed by atoms with E-state index in [4.69, 9.17) is 10.5 Å². The van der Waals surface area contributed by atoms with Crippen LogP contribution < -0.4 is 15.4 Å². The van der Waals surface area contributed by atoms with Crippen LogP contribution in [0, 0.1) is 5.92 Å². The second-order valence-electron chi connectivity index (χ2n) is 5.90. The monoisotopic (exact) mass is 276 g/mol. The molecule has 0 saturated carbocycles. The summed E-state index contributed by atoms with van der Waals surface area (Å²) in [5.74, 6) is 1.81. The van der Waals surface area contributed by atoms with Gasteiger partial charge in [0, 0.05) is 30.4 Å². The Morgan fingerprint density at radius 3 is 2.60 bits per heavy atom. The molecular weight excluding hydrogens is 248 g/mol. The van der Waals surface area contributed by atoms with Crippen LogP contribution in [0.4, 0.5) is 5.69 Å². The maximum Gasteiger partial charge on any atom is 0.125 e. The van der Waals surface area contributed by atoms with Gasteiger partial charge in [-0.25, -0.2) is 0 Å². The minimum Gasteiger partial charge on any atom is -0.496 e. The molecule has 20 heavy (non-hydrogen) atoms. The normalized spacial score (nSPS) is 18.1. The third-order valence-electron chi connectivity index (χ3n) is 4.37. The zero-order valence-corrected chi connectivity index (χ0v) is 13.1. The van der Waals surface area contributed by atoms with Crippen molar-refractivity contribution in [2.45, 2.75) is 45.6 Å². The lowest BCUT2D eigenvalue weighted by Gasteiger charge is -2.35. The van der Waals surface area contributed by atoms with Crippen LogP contribution in [0.25, 0.3) is 0 Å². The fourth-order valence-electron chi connectivity index (χ4n) is 3.31. The molecule has 1 atom stereocenters. The molecule has 112 valence electrons. The van der Waals surface area contributed by atoms with Crippen molar-refractivity contribution in [3.05, 3.63) is 23.8 Å². The van der Waals surface area contributed by atoms with Gasteiger partial charge in [0.15, 0.2) is 0 Å². The highest BCUT2D eigenvalue weighted by atomic mass is 16.5. The fraction of sp³-hybridized carbons (Fsp3) is 0.647. The number of nitrogens with zero attached hydrogens (tertiary/aromatic N) is 1. The van der Waals surface area contributed by atoms with Crippen molar-refractivity contribution in [3.63, 3.8) is 0 Å². The van der Waals surface area contributed by atoms with Crippen LogP contribution in [-0.2, 0) is 0 Å². The van der Waals surface area contributed by atoms with Crippen LogP contribution in [0.1, 0.15) is 51.1 Å². The molecule has 0 bridgehead atoms. The molecule has 2 N–H and O–H groups in total. The quantitative estimate of drug-likeness (QED) is 0.890. The first-order valence-corrected chi connectivity index (χ1v) is 7.84. The Morgan fingerprint density at radius 1 is 1.35 bits per heavy atom. The summed E-state index contributed by atoms with van der Waals surface area (Å²) in [6.07, 6.45) is 5.26. The van der Waals surface area contributed by atoms with Gasteiger partial charge in [-0.3, -0.25) is 0 Å². The molecule has 3 nitrogen and oxygen atoms in total. The summed E-state index contributed by atoms with van der Waals surface area (Å²) in [6, 6.07) is 6.25. The molecule has 0 radical (unpaired) electrons. The minimum absolute atomic E-state index is 0.00508. The van der Waals surface area contributed by atoms with E-state index >= 15 is 0 Å². The number of piperidine rings is 1. The standard InChI is InChI=1S/C17H28N2O/c1-4-6-14-9-11-19(12-10-14)15-7-5-8-16(20-3)17(15)13(2)18/h5,7-8,13-14H,4,6,9-12,18H2,1-3H3/t13-/m0/s1. The minimum atomic E-state index is -0.00508. The third kappa shape index (κ3) is 3.26. The first-order valence-electron chi connectivity index (χ1n) is 7.84. The van der Waals surface area contributed by atoms with Gasteiger partial charge in [0.05, 0.1) is 7.11 Å². The van der Waals surface area contributed by atoms with Gasteiger partial charge in [0.2, 0.25) is 0 Å². The molecule has 3 heteroatoms. The van der Waals surface area contributed by atoms with E-state index in [1.165, 1.54) is 31.4 Å². The molecule has 1 aromatic rings. The highest BCUT2D eigenvalue weighted by Gasteiger charge is 2.23. The summed E-state index contributed by atoms with van der Waals surface area (Å²) in [7, 11) is 1.72. The number of hydrogen-bond donors (Lipinski definition) is 1. The second kappa shape index (κ2) is 6.98. The van der Waals surface area contributed by atoms with Gasteiger partial charge in [0.1, 0.15) is 5.75 Å². The average Bonchev–Trinajstić information content (AvgIpc) is 2.47. The van der Waals surface area contributed by atoms with E-state index < -0.39 is 0 Å². The first kappa shape index (κ1) is 15.2. The van der Waals surface area contributed by atoms with Crippen molar-refractivity contribution < 1.29 is 4.74 Å². The van der Waals surface area contributed by atoms with E-state index in [0.29, 0.717) is 0 Å². The van der Waals surface area contributed by atoms with Crippen molar-refractivity contribution in [2.75, 3.05) is 25.1 Å². The smallest absolute Gasteiger partial charge is 0.125 e. The second-order valence-corrected chi connectivity index (χ2v) is 5.90. The Morgan fingerprint density at radius 2 is 2.05 bits per heavy atom. The van der Waals surface area contributed by atoms with Gasteiger partial charge >= 0.3 is 0 Å². The van der Waals surface area contributed by atoms with Crippen LogP contribution in [0.2, 0.25) is 0 Å². The van der Waals surface area contributed by atoms with E-state index in [-0.39, 0.29) is 6.04 Å². The first-order chi connectivity index (χ1) is 9.67. The average molecular weight is 276 g/mol. The van der Waals surface area contributed by atoms with E-state index in [2.05, 4.69) is 24.0 Å². The Labute approximate surface area is 123 Å². The molecule has 0 unspecified atom stereocenters. The lowest BCUT2D eigenvalue weighted by Crippen LogP contribution is -2.34.